The van der Waals surface area contributed by atoms with Crippen LogP contribution in [0.3, 0.4) is 0 Å². The molecule has 2 atom stereocenters. The number of carbonyl (C=O) groups is 3. The number of rotatable bonds is 5. The molecule has 7 heteroatoms. The number of hydrogen-bond acceptors (Lipinski definition) is 3. The Labute approximate surface area is 161 Å². The quantitative estimate of drug-likeness (QED) is 0.615. The lowest BCUT2D eigenvalue weighted by Crippen LogP contribution is -2.67. The van der Waals surface area contributed by atoms with Crippen molar-refractivity contribution in [3.8, 4) is 0 Å². The normalized spacial score (nSPS) is 18.9. The molecule has 0 spiro atoms. The Bertz CT molecular complexity index is 881. The van der Waals surface area contributed by atoms with Crippen LogP contribution in [0.15, 0.2) is 60.7 Å². The minimum atomic E-state index is -0.715. The SMILES string of the molecule is CC(=O)Nc1ccc(C(=O)NN2C(=O)[C@@H](Cl)[C@@H]2/C=C/c2ccccc2)cc1. The minimum Gasteiger partial charge on any atom is -0.326 e. The number of nitrogens with zero attached hydrogens (tertiary/aromatic N) is 1. The van der Waals surface area contributed by atoms with Gasteiger partial charge in [-0.25, -0.2) is 5.01 Å². The molecule has 0 aromatic heterocycles. The molecule has 138 valence electrons. The molecule has 1 aliphatic rings. The van der Waals surface area contributed by atoms with Crippen LogP contribution in [-0.4, -0.2) is 34.1 Å². The fourth-order valence-corrected chi connectivity index (χ4v) is 2.95. The predicted molar refractivity (Wildman–Crippen MR) is 104 cm³/mol. The summed E-state index contributed by atoms with van der Waals surface area (Å²) in [6.45, 7) is 1.40. The first kappa shape index (κ1) is 18.7. The molecular weight excluding hydrogens is 366 g/mol. The van der Waals surface area contributed by atoms with Gasteiger partial charge in [-0.1, -0.05) is 42.5 Å². The highest BCUT2D eigenvalue weighted by atomic mass is 35.5. The van der Waals surface area contributed by atoms with E-state index < -0.39 is 17.3 Å². The first-order valence-corrected chi connectivity index (χ1v) is 8.78. The number of amides is 3. The molecular formula is C20H18ClN3O3. The van der Waals surface area contributed by atoms with Gasteiger partial charge >= 0.3 is 0 Å². The molecule has 0 bridgehead atoms. The summed E-state index contributed by atoms with van der Waals surface area (Å²) in [5, 5.41) is 3.13. The van der Waals surface area contributed by atoms with Crippen molar-refractivity contribution in [2.24, 2.45) is 0 Å². The zero-order chi connectivity index (χ0) is 19.4. The lowest BCUT2D eigenvalue weighted by molar-refractivity contribution is -0.146. The monoisotopic (exact) mass is 383 g/mol. The third-order valence-electron chi connectivity index (χ3n) is 4.05. The summed E-state index contributed by atoms with van der Waals surface area (Å²) in [5.74, 6) is -0.985. The Balaban J connectivity index is 1.66. The summed E-state index contributed by atoms with van der Waals surface area (Å²) in [6, 6.07) is 15.5. The van der Waals surface area contributed by atoms with E-state index in [0.717, 1.165) is 5.56 Å². The molecule has 0 aliphatic carbocycles. The molecule has 0 saturated carbocycles. The van der Waals surface area contributed by atoms with Crippen molar-refractivity contribution < 1.29 is 14.4 Å². The molecule has 2 aromatic rings. The van der Waals surface area contributed by atoms with Crippen LogP contribution in [0.4, 0.5) is 5.69 Å². The van der Waals surface area contributed by atoms with Gasteiger partial charge in [0, 0.05) is 18.2 Å². The van der Waals surface area contributed by atoms with Crippen LogP contribution in [-0.2, 0) is 9.59 Å². The number of benzene rings is 2. The van der Waals surface area contributed by atoms with Gasteiger partial charge < -0.3 is 5.32 Å². The number of alkyl halides is 1. The van der Waals surface area contributed by atoms with Gasteiger partial charge in [-0.2, -0.15) is 0 Å². The van der Waals surface area contributed by atoms with Crippen LogP contribution in [0, 0.1) is 0 Å². The predicted octanol–water partition coefficient (Wildman–Crippen LogP) is 2.82. The molecule has 2 N–H and O–H groups in total. The molecule has 1 saturated heterocycles. The van der Waals surface area contributed by atoms with Crippen LogP contribution in [0.25, 0.3) is 6.08 Å². The zero-order valence-corrected chi connectivity index (χ0v) is 15.3. The first-order chi connectivity index (χ1) is 13.0. The van der Waals surface area contributed by atoms with Crippen molar-refractivity contribution >= 4 is 41.1 Å². The second kappa shape index (κ2) is 8.05. The lowest BCUT2D eigenvalue weighted by Gasteiger charge is -2.42. The molecule has 1 aliphatic heterocycles. The zero-order valence-electron chi connectivity index (χ0n) is 14.6. The van der Waals surface area contributed by atoms with Crippen molar-refractivity contribution in [3.05, 3.63) is 71.8 Å². The summed E-state index contributed by atoms with van der Waals surface area (Å²) in [6.07, 6.45) is 3.64. The van der Waals surface area contributed by atoms with E-state index in [1.165, 1.54) is 11.9 Å². The number of nitrogens with one attached hydrogen (secondary N) is 2. The van der Waals surface area contributed by atoms with E-state index in [4.69, 9.17) is 11.6 Å². The maximum absolute atomic E-state index is 12.4. The smallest absolute Gasteiger partial charge is 0.269 e. The average Bonchev–Trinajstić information content (AvgIpc) is 2.67. The van der Waals surface area contributed by atoms with Crippen LogP contribution in [0.1, 0.15) is 22.8 Å². The van der Waals surface area contributed by atoms with Crippen LogP contribution >= 0.6 is 11.6 Å². The van der Waals surface area contributed by atoms with Crippen LogP contribution < -0.4 is 10.7 Å². The maximum Gasteiger partial charge on any atom is 0.269 e. The van der Waals surface area contributed by atoms with Gasteiger partial charge in [-0.15, -0.1) is 11.6 Å². The Morgan fingerprint density at radius 2 is 1.74 bits per heavy atom. The second-order valence-electron chi connectivity index (χ2n) is 6.07. The Kier molecular flexibility index (Phi) is 5.57. The molecule has 1 fully saturated rings. The highest BCUT2D eigenvalue weighted by Crippen LogP contribution is 2.25. The van der Waals surface area contributed by atoms with Crippen molar-refractivity contribution in [2.75, 3.05) is 5.32 Å². The fourth-order valence-electron chi connectivity index (χ4n) is 2.64. The summed E-state index contributed by atoms with van der Waals surface area (Å²) >= 11 is 6.09. The van der Waals surface area contributed by atoms with E-state index in [1.807, 2.05) is 36.4 Å². The second-order valence-corrected chi connectivity index (χ2v) is 6.54. The van der Waals surface area contributed by atoms with Crippen molar-refractivity contribution in [1.29, 1.82) is 0 Å². The standard InChI is InChI=1S/C20H18ClN3O3/c1-13(25)22-16-10-8-15(9-11-16)19(26)23-24-17(18(21)20(24)27)12-7-14-5-3-2-4-6-14/h2-12,17-18H,1H3,(H,22,25)(H,23,26)/b12-7+/t17-,18-/m0/s1. The third-order valence-corrected chi connectivity index (χ3v) is 4.49. The topological polar surface area (TPSA) is 78.5 Å². The van der Waals surface area contributed by atoms with Gasteiger partial charge in [-0.3, -0.25) is 19.8 Å². The van der Waals surface area contributed by atoms with E-state index in [9.17, 15) is 14.4 Å². The van der Waals surface area contributed by atoms with Gasteiger partial charge in [0.05, 0.1) is 6.04 Å². The number of anilines is 1. The first-order valence-electron chi connectivity index (χ1n) is 8.35. The minimum absolute atomic E-state index is 0.195. The Hall–Kier alpha value is -3.12. The van der Waals surface area contributed by atoms with Gasteiger partial charge in [0.2, 0.25) is 5.91 Å². The molecule has 27 heavy (non-hydrogen) atoms. The fraction of sp³-hybridized carbons (Fsp3) is 0.150. The molecule has 0 radical (unpaired) electrons. The van der Waals surface area contributed by atoms with Crippen molar-refractivity contribution in [3.63, 3.8) is 0 Å². The molecule has 3 amide bonds. The summed E-state index contributed by atoms with van der Waals surface area (Å²) < 4.78 is 0. The van der Waals surface area contributed by atoms with E-state index in [2.05, 4.69) is 10.7 Å². The van der Waals surface area contributed by atoms with Crippen LogP contribution in [0.5, 0.6) is 0 Å². The molecule has 2 aromatic carbocycles. The highest BCUT2D eigenvalue weighted by molar-refractivity contribution is 6.34. The largest absolute Gasteiger partial charge is 0.326 e. The number of hydrazine groups is 1. The molecule has 6 nitrogen and oxygen atoms in total. The summed E-state index contributed by atoms with van der Waals surface area (Å²) in [4.78, 5) is 35.5. The van der Waals surface area contributed by atoms with Crippen molar-refractivity contribution in [2.45, 2.75) is 18.3 Å². The number of hydrogen-bond donors (Lipinski definition) is 2. The number of halogens is 1. The van der Waals surface area contributed by atoms with E-state index in [0.29, 0.717) is 11.3 Å². The lowest BCUT2D eigenvalue weighted by atomic mass is 10.0. The summed E-state index contributed by atoms with van der Waals surface area (Å²) in [7, 11) is 0. The Morgan fingerprint density at radius 3 is 2.37 bits per heavy atom. The molecule has 3 rings (SSSR count). The maximum atomic E-state index is 12.4. The van der Waals surface area contributed by atoms with E-state index in [1.54, 1.807) is 30.3 Å². The highest BCUT2D eigenvalue weighted by Gasteiger charge is 2.45. The molecule has 0 unspecified atom stereocenters. The van der Waals surface area contributed by atoms with E-state index in [-0.39, 0.29) is 11.8 Å². The summed E-state index contributed by atoms with van der Waals surface area (Å²) in [5.41, 5.74) is 4.50. The molecule has 1 heterocycles. The van der Waals surface area contributed by atoms with Gasteiger partial charge in [0.1, 0.15) is 5.38 Å². The Morgan fingerprint density at radius 1 is 1.07 bits per heavy atom. The van der Waals surface area contributed by atoms with E-state index >= 15 is 0 Å². The number of carbonyl (C=O) groups excluding carboxylic acids is 3. The average molecular weight is 384 g/mol. The number of β-lactam (4-membered cyclic amide) rings is 1. The van der Waals surface area contributed by atoms with Gasteiger partial charge in [0.25, 0.3) is 11.8 Å². The van der Waals surface area contributed by atoms with Gasteiger partial charge in [0.15, 0.2) is 0 Å². The third kappa shape index (κ3) is 4.35. The van der Waals surface area contributed by atoms with Crippen LogP contribution in [0.2, 0.25) is 0 Å². The van der Waals surface area contributed by atoms with Crippen molar-refractivity contribution in [1.82, 2.24) is 10.4 Å². The van der Waals surface area contributed by atoms with Gasteiger partial charge in [-0.05, 0) is 29.8 Å².